The average Bonchev–Trinajstić information content (AvgIpc) is 3.44. The van der Waals surface area contributed by atoms with E-state index in [1.54, 1.807) is 18.6 Å². The molecule has 1 aliphatic rings. The number of oxazole rings is 1. The SMILES string of the molecule is CN1C=CN(c2cccc(Oc3cccc(-c4ncc(-c5cccnc5)o4)c3)c2)C1. The molecule has 6 heteroatoms. The van der Waals surface area contributed by atoms with Crippen molar-refractivity contribution in [3.05, 3.63) is 91.7 Å². The quantitative estimate of drug-likeness (QED) is 0.452. The highest BCUT2D eigenvalue weighted by molar-refractivity contribution is 5.62. The Morgan fingerprint density at radius 3 is 2.53 bits per heavy atom. The van der Waals surface area contributed by atoms with Crippen molar-refractivity contribution < 1.29 is 9.15 Å². The molecule has 1 aliphatic heterocycles. The molecule has 5 rings (SSSR count). The lowest BCUT2D eigenvalue weighted by Crippen LogP contribution is -2.21. The summed E-state index contributed by atoms with van der Waals surface area (Å²) in [5, 5.41) is 0. The molecule has 0 aliphatic carbocycles. The van der Waals surface area contributed by atoms with E-state index in [1.165, 1.54) is 0 Å². The molecule has 6 nitrogen and oxygen atoms in total. The Kier molecular flexibility index (Phi) is 4.65. The van der Waals surface area contributed by atoms with Crippen molar-refractivity contribution in [2.45, 2.75) is 0 Å². The zero-order valence-corrected chi connectivity index (χ0v) is 16.5. The van der Waals surface area contributed by atoms with Crippen LogP contribution in [0.2, 0.25) is 0 Å². The van der Waals surface area contributed by atoms with E-state index >= 15 is 0 Å². The van der Waals surface area contributed by atoms with Crippen LogP contribution in [0.4, 0.5) is 5.69 Å². The summed E-state index contributed by atoms with van der Waals surface area (Å²) < 4.78 is 12.0. The highest BCUT2D eigenvalue weighted by atomic mass is 16.5. The molecular formula is C24H20N4O2. The van der Waals surface area contributed by atoms with Gasteiger partial charge in [0.25, 0.3) is 0 Å². The molecule has 0 spiro atoms. The molecule has 0 saturated carbocycles. The van der Waals surface area contributed by atoms with Gasteiger partial charge >= 0.3 is 0 Å². The lowest BCUT2D eigenvalue weighted by Gasteiger charge is -2.19. The monoisotopic (exact) mass is 396 g/mol. The summed E-state index contributed by atoms with van der Waals surface area (Å²) in [4.78, 5) is 12.8. The summed E-state index contributed by atoms with van der Waals surface area (Å²) in [5.41, 5.74) is 2.82. The molecule has 30 heavy (non-hydrogen) atoms. The third-order valence-corrected chi connectivity index (χ3v) is 4.79. The van der Waals surface area contributed by atoms with Gasteiger partial charge in [-0.3, -0.25) is 4.98 Å². The van der Waals surface area contributed by atoms with Crippen LogP contribution in [0.3, 0.4) is 0 Å². The lowest BCUT2D eigenvalue weighted by molar-refractivity contribution is 0.480. The topological polar surface area (TPSA) is 54.6 Å². The Balaban J connectivity index is 1.36. The van der Waals surface area contributed by atoms with Crippen molar-refractivity contribution >= 4 is 5.69 Å². The maximum Gasteiger partial charge on any atom is 0.226 e. The Morgan fingerprint density at radius 2 is 1.73 bits per heavy atom. The van der Waals surface area contributed by atoms with E-state index < -0.39 is 0 Å². The third-order valence-electron chi connectivity index (χ3n) is 4.79. The highest BCUT2D eigenvalue weighted by Gasteiger charge is 2.12. The fourth-order valence-electron chi connectivity index (χ4n) is 3.30. The van der Waals surface area contributed by atoms with E-state index in [9.17, 15) is 0 Å². The molecule has 0 N–H and O–H groups in total. The van der Waals surface area contributed by atoms with Crippen LogP contribution in [0.1, 0.15) is 0 Å². The summed E-state index contributed by atoms with van der Waals surface area (Å²) in [6.07, 6.45) is 9.30. The normalized spacial score (nSPS) is 13.1. The number of hydrogen-bond acceptors (Lipinski definition) is 6. The van der Waals surface area contributed by atoms with Gasteiger partial charge in [0.15, 0.2) is 5.76 Å². The van der Waals surface area contributed by atoms with Gasteiger partial charge in [-0.15, -0.1) is 0 Å². The summed E-state index contributed by atoms with van der Waals surface area (Å²) >= 11 is 0. The van der Waals surface area contributed by atoms with Crippen molar-refractivity contribution in [1.82, 2.24) is 14.9 Å². The smallest absolute Gasteiger partial charge is 0.226 e. The molecule has 0 unspecified atom stereocenters. The zero-order chi connectivity index (χ0) is 20.3. The van der Waals surface area contributed by atoms with Gasteiger partial charge in [0.1, 0.15) is 11.5 Å². The molecular weight excluding hydrogens is 376 g/mol. The van der Waals surface area contributed by atoms with Gasteiger partial charge in [0.2, 0.25) is 5.89 Å². The van der Waals surface area contributed by atoms with E-state index in [0.717, 1.165) is 35.0 Å². The maximum atomic E-state index is 6.12. The molecule has 3 heterocycles. The third kappa shape index (κ3) is 3.75. The second-order valence-electron chi connectivity index (χ2n) is 7.06. The number of rotatable bonds is 5. The second-order valence-corrected chi connectivity index (χ2v) is 7.06. The van der Waals surface area contributed by atoms with E-state index in [-0.39, 0.29) is 0 Å². The first-order valence-corrected chi connectivity index (χ1v) is 9.64. The molecule has 0 bridgehead atoms. The van der Waals surface area contributed by atoms with Crippen molar-refractivity contribution in [3.63, 3.8) is 0 Å². The number of benzene rings is 2. The van der Waals surface area contributed by atoms with Crippen molar-refractivity contribution in [1.29, 1.82) is 0 Å². The van der Waals surface area contributed by atoms with Crippen LogP contribution < -0.4 is 9.64 Å². The Bertz CT molecular complexity index is 1190. The number of pyridine rings is 1. The molecule has 0 saturated heterocycles. The van der Waals surface area contributed by atoms with E-state index in [2.05, 4.69) is 32.0 Å². The summed E-state index contributed by atoms with van der Waals surface area (Å²) in [5.74, 6) is 2.72. The average molecular weight is 396 g/mol. The number of ether oxygens (including phenoxy) is 1. The molecule has 0 amide bonds. The van der Waals surface area contributed by atoms with E-state index in [1.807, 2.05) is 67.8 Å². The molecule has 0 atom stereocenters. The molecule has 148 valence electrons. The van der Waals surface area contributed by atoms with Crippen LogP contribution in [-0.2, 0) is 0 Å². The van der Waals surface area contributed by atoms with Crippen molar-refractivity contribution in [2.75, 3.05) is 18.6 Å². The predicted molar refractivity (Wildman–Crippen MR) is 116 cm³/mol. The minimum absolute atomic E-state index is 0.540. The Morgan fingerprint density at radius 1 is 0.900 bits per heavy atom. The van der Waals surface area contributed by atoms with Gasteiger partial charge in [-0.25, -0.2) is 4.98 Å². The minimum atomic E-state index is 0.540. The van der Waals surface area contributed by atoms with Crippen molar-refractivity contribution in [3.8, 4) is 34.3 Å². The largest absolute Gasteiger partial charge is 0.457 e. The Hall–Kier alpha value is -4.06. The summed E-state index contributed by atoms with van der Waals surface area (Å²) in [6, 6.07) is 19.6. The van der Waals surface area contributed by atoms with Crippen molar-refractivity contribution in [2.24, 2.45) is 0 Å². The number of anilines is 1. The highest BCUT2D eigenvalue weighted by Crippen LogP contribution is 2.31. The molecule has 0 radical (unpaired) electrons. The van der Waals surface area contributed by atoms with Crippen LogP contribution >= 0.6 is 0 Å². The summed E-state index contributed by atoms with van der Waals surface area (Å²) in [7, 11) is 2.05. The minimum Gasteiger partial charge on any atom is -0.457 e. The number of aromatic nitrogens is 2. The number of hydrogen-bond donors (Lipinski definition) is 0. The first-order chi connectivity index (χ1) is 14.7. The van der Waals surface area contributed by atoms with Crippen LogP contribution in [0, 0.1) is 0 Å². The molecule has 2 aromatic heterocycles. The first-order valence-electron chi connectivity index (χ1n) is 9.64. The Labute approximate surface area is 174 Å². The van der Waals surface area contributed by atoms with Gasteiger partial charge in [0.05, 0.1) is 12.9 Å². The van der Waals surface area contributed by atoms with E-state index in [0.29, 0.717) is 11.7 Å². The fraction of sp³-hybridized carbons (Fsp3) is 0.0833. The number of nitrogens with zero attached hydrogens (tertiary/aromatic N) is 4. The fourth-order valence-corrected chi connectivity index (χ4v) is 3.30. The lowest BCUT2D eigenvalue weighted by atomic mass is 10.2. The van der Waals surface area contributed by atoms with Gasteiger partial charge in [-0.1, -0.05) is 12.1 Å². The van der Waals surface area contributed by atoms with Crippen LogP contribution in [0.5, 0.6) is 11.5 Å². The second kappa shape index (κ2) is 7.75. The molecule has 2 aromatic carbocycles. The summed E-state index contributed by atoms with van der Waals surface area (Å²) in [6.45, 7) is 0.822. The zero-order valence-electron chi connectivity index (χ0n) is 16.5. The van der Waals surface area contributed by atoms with Gasteiger partial charge in [0, 0.05) is 54.7 Å². The van der Waals surface area contributed by atoms with E-state index in [4.69, 9.17) is 9.15 Å². The van der Waals surface area contributed by atoms with Crippen LogP contribution in [0.25, 0.3) is 22.8 Å². The van der Waals surface area contributed by atoms with Crippen LogP contribution in [0.15, 0.2) is 96.1 Å². The van der Waals surface area contributed by atoms with Gasteiger partial charge < -0.3 is 19.0 Å². The first kappa shape index (κ1) is 18.0. The predicted octanol–water partition coefficient (Wildman–Crippen LogP) is 5.38. The van der Waals surface area contributed by atoms with Gasteiger partial charge in [-0.05, 0) is 42.5 Å². The maximum absolute atomic E-state index is 6.12. The molecule has 0 fully saturated rings. The molecule has 4 aromatic rings. The standard InChI is InChI=1S/C24H20N4O2/c1-27-11-12-28(17-27)20-7-3-9-22(14-20)29-21-8-2-5-18(13-21)24-26-16-23(30-24)19-6-4-10-25-15-19/h2-16H,17H2,1H3. The van der Waals surface area contributed by atoms with Crippen LogP contribution in [-0.4, -0.2) is 28.6 Å². The van der Waals surface area contributed by atoms with Gasteiger partial charge in [-0.2, -0.15) is 0 Å².